The van der Waals surface area contributed by atoms with Crippen LogP contribution in [0.15, 0.2) is 64.8 Å². The molecule has 0 aromatic heterocycles. The van der Waals surface area contributed by atoms with Crippen LogP contribution in [0.1, 0.15) is 11.1 Å². The molecule has 2 N–H and O–H groups in total. The van der Waals surface area contributed by atoms with E-state index in [1.165, 1.54) is 12.4 Å². The molecule has 5 heteroatoms. The molecule has 0 spiro atoms. The summed E-state index contributed by atoms with van der Waals surface area (Å²) < 4.78 is 0. The van der Waals surface area contributed by atoms with Gasteiger partial charge in [-0.15, -0.1) is 0 Å². The normalized spacial score (nSPS) is 11.7. The van der Waals surface area contributed by atoms with Crippen LogP contribution in [0.25, 0.3) is 0 Å². The average Bonchev–Trinajstić information content (AvgIpc) is 2.53. The maximum absolute atomic E-state index is 9.92. The summed E-state index contributed by atoms with van der Waals surface area (Å²) in [6, 6.07) is 12.3. The van der Waals surface area contributed by atoms with Gasteiger partial charge in [0.1, 0.15) is 11.5 Å². The van der Waals surface area contributed by atoms with Crippen LogP contribution in [0.2, 0.25) is 0 Å². The highest BCUT2D eigenvalue weighted by Gasteiger charge is 2.01. The first kappa shape index (κ1) is 16.3. The van der Waals surface area contributed by atoms with Gasteiger partial charge in [-0.05, 0) is 24.3 Å². The number of benzene rings is 2. The summed E-state index contributed by atoms with van der Waals surface area (Å²) in [5, 5.41) is 19.5. The minimum absolute atomic E-state index is 0.172. The quantitative estimate of drug-likeness (QED) is 0.834. The second kappa shape index (κ2) is 7.79. The molecule has 0 saturated carbocycles. The van der Waals surface area contributed by atoms with Crippen molar-refractivity contribution in [1.29, 1.82) is 0 Å². The lowest BCUT2D eigenvalue weighted by Crippen LogP contribution is -2.08. The number of hydrogen-bond donors (Lipinski definition) is 2. The fourth-order valence-corrected chi connectivity index (χ4v) is 1.84. The average molecular weight is 309 g/mol. The van der Waals surface area contributed by atoms with Gasteiger partial charge >= 0.3 is 0 Å². The van der Waals surface area contributed by atoms with Crippen molar-refractivity contribution in [2.24, 2.45) is 9.98 Å². The highest BCUT2D eigenvalue weighted by atomic mass is 16.3. The molecule has 5 nitrogen and oxygen atoms in total. The van der Waals surface area contributed by atoms with Gasteiger partial charge in [-0.2, -0.15) is 0 Å². The number of phenols is 2. The lowest BCUT2D eigenvalue weighted by atomic mass is 10.2. The predicted octanol–water partition coefficient (Wildman–Crippen LogP) is 3.17. The Bertz CT molecular complexity index is 750. The minimum Gasteiger partial charge on any atom is -0.507 e. The molecule has 0 aliphatic rings. The lowest BCUT2D eigenvalue weighted by molar-refractivity contribution is 0.474. The predicted molar refractivity (Wildman–Crippen MR) is 94.9 cm³/mol. The Balaban J connectivity index is 1.98. The molecule has 2 aromatic carbocycles. The first-order valence-corrected chi connectivity index (χ1v) is 7.07. The summed E-state index contributed by atoms with van der Waals surface area (Å²) in [5.74, 6) is 0.352. The molecule has 2 rings (SSSR count). The van der Waals surface area contributed by atoms with Crippen molar-refractivity contribution in [3.8, 4) is 11.5 Å². The molecular formula is C18H19N3O2. The van der Waals surface area contributed by atoms with Crippen LogP contribution in [0.5, 0.6) is 11.5 Å². The van der Waals surface area contributed by atoms with E-state index in [-0.39, 0.29) is 11.5 Å². The van der Waals surface area contributed by atoms with Crippen molar-refractivity contribution in [2.45, 2.75) is 0 Å². The van der Waals surface area contributed by atoms with Crippen LogP contribution in [0.3, 0.4) is 0 Å². The van der Waals surface area contributed by atoms with Crippen molar-refractivity contribution in [3.63, 3.8) is 0 Å². The summed E-state index contributed by atoms with van der Waals surface area (Å²) >= 11 is 0. The van der Waals surface area contributed by atoms with E-state index in [4.69, 9.17) is 0 Å². The van der Waals surface area contributed by atoms with Crippen LogP contribution >= 0.6 is 0 Å². The SMILES string of the molecule is CN(C)c1ccc(\C=N/C=C/N=C\c2ccccc2O)c(O)c1. The molecule has 2 aromatic rings. The third kappa shape index (κ3) is 4.71. The molecular weight excluding hydrogens is 290 g/mol. The number of hydrogen-bond acceptors (Lipinski definition) is 5. The summed E-state index contributed by atoms with van der Waals surface area (Å²) in [7, 11) is 3.82. The van der Waals surface area contributed by atoms with Gasteiger partial charge in [0.25, 0.3) is 0 Å². The molecule has 0 amide bonds. The van der Waals surface area contributed by atoms with Gasteiger partial charge in [0.15, 0.2) is 0 Å². The molecule has 0 radical (unpaired) electrons. The van der Waals surface area contributed by atoms with Gasteiger partial charge in [-0.1, -0.05) is 12.1 Å². The number of para-hydroxylation sites is 1. The molecule has 0 aliphatic heterocycles. The molecule has 0 unspecified atom stereocenters. The third-order valence-electron chi connectivity index (χ3n) is 3.13. The molecule has 118 valence electrons. The van der Waals surface area contributed by atoms with Gasteiger partial charge in [0, 0.05) is 61.8 Å². The number of aromatic hydroxyl groups is 2. The monoisotopic (exact) mass is 309 g/mol. The van der Waals surface area contributed by atoms with E-state index in [0.29, 0.717) is 11.1 Å². The van der Waals surface area contributed by atoms with Gasteiger partial charge in [-0.25, -0.2) is 0 Å². The third-order valence-corrected chi connectivity index (χ3v) is 3.13. The van der Waals surface area contributed by atoms with Gasteiger partial charge in [0.05, 0.1) is 0 Å². The zero-order valence-corrected chi connectivity index (χ0v) is 13.1. The molecule has 0 atom stereocenters. The van der Waals surface area contributed by atoms with E-state index >= 15 is 0 Å². The Morgan fingerprint density at radius 1 is 0.826 bits per heavy atom. The fourth-order valence-electron chi connectivity index (χ4n) is 1.84. The Morgan fingerprint density at radius 3 is 2.00 bits per heavy atom. The van der Waals surface area contributed by atoms with E-state index in [1.807, 2.05) is 31.1 Å². The first-order valence-electron chi connectivity index (χ1n) is 7.07. The molecule has 23 heavy (non-hydrogen) atoms. The summed E-state index contributed by atoms with van der Waals surface area (Å²) in [6.07, 6.45) is 6.12. The van der Waals surface area contributed by atoms with Crippen molar-refractivity contribution in [3.05, 3.63) is 66.0 Å². The summed E-state index contributed by atoms with van der Waals surface area (Å²) in [4.78, 5) is 10.0. The molecule has 0 bridgehead atoms. The highest BCUT2D eigenvalue weighted by Crippen LogP contribution is 2.22. The topological polar surface area (TPSA) is 68.4 Å². The molecule has 0 heterocycles. The van der Waals surface area contributed by atoms with Crippen molar-refractivity contribution >= 4 is 18.1 Å². The maximum atomic E-state index is 9.92. The van der Waals surface area contributed by atoms with Crippen molar-refractivity contribution < 1.29 is 10.2 Å². The van der Waals surface area contributed by atoms with Crippen LogP contribution in [0, 0.1) is 0 Å². The Kier molecular flexibility index (Phi) is 5.52. The summed E-state index contributed by atoms with van der Waals surface area (Å²) in [5.41, 5.74) is 2.19. The fraction of sp³-hybridized carbons (Fsp3) is 0.111. The van der Waals surface area contributed by atoms with E-state index in [0.717, 1.165) is 5.69 Å². The Morgan fingerprint density at radius 2 is 1.43 bits per heavy atom. The highest BCUT2D eigenvalue weighted by molar-refractivity contribution is 5.85. The zero-order chi connectivity index (χ0) is 16.7. The number of aliphatic imine (C=N–C) groups is 2. The standard InChI is InChI=1S/C18H19N3O2/c1-21(2)16-8-7-15(18(23)11-16)13-20-10-9-19-12-14-5-3-4-6-17(14)22/h3-13,22-23H,1-2H3/b10-9+,19-12-,20-13-. The second-order valence-corrected chi connectivity index (χ2v) is 5.05. The smallest absolute Gasteiger partial charge is 0.126 e. The number of nitrogens with zero attached hydrogens (tertiary/aromatic N) is 3. The largest absolute Gasteiger partial charge is 0.507 e. The van der Waals surface area contributed by atoms with Crippen molar-refractivity contribution in [1.82, 2.24) is 0 Å². The van der Waals surface area contributed by atoms with E-state index < -0.39 is 0 Å². The second-order valence-electron chi connectivity index (χ2n) is 5.05. The van der Waals surface area contributed by atoms with E-state index in [9.17, 15) is 10.2 Å². The Labute approximate surface area is 135 Å². The number of phenolic OH excluding ortho intramolecular Hbond substituents is 2. The minimum atomic E-state index is 0.172. The Hall–Kier alpha value is -3.08. The molecule has 0 saturated heterocycles. The lowest BCUT2D eigenvalue weighted by Gasteiger charge is -2.12. The van der Waals surface area contributed by atoms with Crippen LogP contribution in [0.4, 0.5) is 5.69 Å². The first-order chi connectivity index (χ1) is 11.1. The van der Waals surface area contributed by atoms with Crippen molar-refractivity contribution in [2.75, 3.05) is 19.0 Å². The molecule has 0 aliphatic carbocycles. The maximum Gasteiger partial charge on any atom is 0.126 e. The van der Waals surface area contributed by atoms with Gasteiger partial charge in [0.2, 0.25) is 0 Å². The van der Waals surface area contributed by atoms with Gasteiger partial charge in [-0.3, -0.25) is 9.98 Å². The molecule has 0 fully saturated rings. The number of rotatable bonds is 5. The van der Waals surface area contributed by atoms with E-state index in [1.54, 1.807) is 42.8 Å². The van der Waals surface area contributed by atoms with Crippen LogP contribution in [-0.4, -0.2) is 36.7 Å². The van der Waals surface area contributed by atoms with Crippen LogP contribution < -0.4 is 4.90 Å². The van der Waals surface area contributed by atoms with Crippen LogP contribution in [-0.2, 0) is 0 Å². The zero-order valence-electron chi connectivity index (χ0n) is 13.1. The number of anilines is 1. The van der Waals surface area contributed by atoms with Gasteiger partial charge < -0.3 is 15.1 Å². The van der Waals surface area contributed by atoms with E-state index in [2.05, 4.69) is 9.98 Å². The summed E-state index contributed by atoms with van der Waals surface area (Å²) in [6.45, 7) is 0.